The monoisotopic (exact) mass is 485 g/mol. The average molecular weight is 486 g/mol. The molecule has 12 heteroatoms. The maximum Gasteiger partial charge on any atom is 0.417 e. The Hall–Kier alpha value is -2.60. The summed E-state index contributed by atoms with van der Waals surface area (Å²) in [6, 6.07) is 1.02. The van der Waals surface area contributed by atoms with Crippen LogP contribution in [-0.2, 0) is 10.9 Å². The number of amides is 2. The standard InChI is InChI=1S/C21H26F3N5O3S/c1-11-15(3-6-26-11)32-20(31)27-12-4-7-29(8-5-12)16-9-14(21(22,23)24)18-17(28-16)13(10-33-18)19(30)25-2/h9-12,15,26H,3-8H2,1-2H3,(H,25,30)(H,27,31)/t11-,15-/m0/s1. The molecule has 4 heterocycles. The molecule has 3 N–H and O–H groups in total. The number of pyridine rings is 1. The van der Waals surface area contributed by atoms with E-state index in [0.29, 0.717) is 25.9 Å². The lowest BCUT2D eigenvalue weighted by atomic mass is 10.0. The molecule has 0 radical (unpaired) electrons. The highest BCUT2D eigenvalue weighted by molar-refractivity contribution is 7.17. The number of nitrogens with one attached hydrogen (secondary N) is 3. The van der Waals surface area contributed by atoms with Crippen LogP contribution in [0.5, 0.6) is 0 Å². The Balaban J connectivity index is 1.47. The molecule has 4 rings (SSSR count). The van der Waals surface area contributed by atoms with Crippen molar-refractivity contribution in [2.45, 2.75) is 50.6 Å². The Morgan fingerprint density at radius 2 is 2.00 bits per heavy atom. The molecule has 33 heavy (non-hydrogen) atoms. The first kappa shape index (κ1) is 23.6. The van der Waals surface area contributed by atoms with Crippen molar-refractivity contribution in [3.05, 3.63) is 22.6 Å². The van der Waals surface area contributed by atoms with Gasteiger partial charge in [0.1, 0.15) is 11.9 Å². The number of alkyl carbamates (subject to hydrolysis) is 1. The SMILES string of the molecule is CNC(=O)c1csc2c(C(F)(F)F)cc(N3CCC(NC(=O)O[C@H]4CCN[C@H]4C)CC3)nc12. The van der Waals surface area contributed by atoms with Crippen LogP contribution in [0.25, 0.3) is 10.2 Å². The third-order valence-corrected chi connectivity index (χ3v) is 7.14. The number of halogens is 3. The predicted octanol–water partition coefficient (Wildman–Crippen LogP) is 3.12. The molecule has 8 nitrogen and oxygen atoms in total. The number of ether oxygens (including phenoxy) is 1. The van der Waals surface area contributed by atoms with Crippen molar-refractivity contribution in [3.8, 4) is 0 Å². The summed E-state index contributed by atoms with van der Waals surface area (Å²) in [6.07, 6.45) is -3.36. The maximum atomic E-state index is 13.8. The van der Waals surface area contributed by atoms with Gasteiger partial charge >= 0.3 is 12.3 Å². The number of anilines is 1. The van der Waals surface area contributed by atoms with Gasteiger partial charge in [-0.1, -0.05) is 0 Å². The van der Waals surface area contributed by atoms with E-state index in [4.69, 9.17) is 4.74 Å². The number of nitrogens with zero attached hydrogens (tertiary/aromatic N) is 2. The first-order valence-electron chi connectivity index (χ1n) is 10.8. The van der Waals surface area contributed by atoms with Gasteiger partial charge in [-0.05, 0) is 38.8 Å². The summed E-state index contributed by atoms with van der Waals surface area (Å²) in [5.74, 6) is -0.308. The van der Waals surface area contributed by atoms with E-state index in [1.54, 1.807) is 4.90 Å². The zero-order valence-corrected chi connectivity index (χ0v) is 19.1. The zero-order valence-electron chi connectivity index (χ0n) is 18.3. The Kier molecular flexibility index (Phi) is 6.66. The van der Waals surface area contributed by atoms with Crippen LogP contribution in [0.15, 0.2) is 11.4 Å². The van der Waals surface area contributed by atoms with Crippen LogP contribution >= 0.6 is 11.3 Å². The lowest BCUT2D eigenvalue weighted by Crippen LogP contribution is -2.46. The highest BCUT2D eigenvalue weighted by atomic mass is 32.1. The number of hydrogen-bond donors (Lipinski definition) is 3. The van der Waals surface area contributed by atoms with Gasteiger partial charge in [0, 0.05) is 37.6 Å². The van der Waals surface area contributed by atoms with Crippen LogP contribution in [-0.4, -0.2) is 61.9 Å². The first-order valence-corrected chi connectivity index (χ1v) is 11.7. The topological polar surface area (TPSA) is 95.6 Å². The fraction of sp³-hybridized carbons (Fsp3) is 0.571. The minimum Gasteiger partial charge on any atom is -0.445 e. The highest BCUT2D eigenvalue weighted by Gasteiger charge is 2.36. The average Bonchev–Trinajstić information content (AvgIpc) is 3.38. The molecule has 2 aliphatic rings. The highest BCUT2D eigenvalue weighted by Crippen LogP contribution is 2.40. The summed E-state index contributed by atoms with van der Waals surface area (Å²) in [6.45, 7) is 3.61. The molecule has 2 aromatic rings. The molecule has 0 aromatic carbocycles. The number of alkyl halides is 3. The van der Waals surface area contributed by atoms with Crippen LogP contribution in [0.2, 0.25) is 0 Å². The Bertz CT molecular complexity index is 1040. The van der Waals surface area contributed by atoms with Crippen molar-refractivity contribution < 1.29 is 27.5 Å². The third kappa shape index (κ3) is 5.01. The zero-order chi connectivity index (χ0) is 23.8. The van der Waals surface area contributed by atoms with Crippen LogP contribution in [0.1, 0.15) is 42.1 Å². The van der Waals surface area contributed by atoms with Crippen molar-refractivity contribution >= 4 is 39.4 Å². The van der Waals surface area contributed by atoms with Gasteiger partial charge in [0.2, 0.25) is 0 Å². The second-order valence-electron chi connectivity index (χ2n) is 8.31. The van der Waals surface area contributed by atoms with Crippen LogP contribution in [0.4, 0.5) is 23.8 Å². The molecule has 0 aliphatic carbocycles. The molecule has 180 valence electrons. The minimum atomic E-state index is -4.57. The summed E-state index contributed by atoms with van der Waals surface area (Å²) >= 11 is 0.859. The quantitative estimate of drug-likeness (QED) is 0.616. The number of piperidine rings is 1. The van der Waals surface area contributed by atoms with E-state index in [1.807, 2.05) is 6.92 Å². The minimum absolute atomic E-state index is 0.0484. The lowest BCUT2D eigenvalue weighted by Gasteiger charge is -2.33. The van der Waals surface area contributed by atoms with Crippen molar-refractivity contribution in [3.63, 3.8) is 0 Å². The van der Waals surface area contributed by atoms with Gasteiger partial charge in [0.05, 0.1) is 21.3 Å². The van der Waals surface area contributed by atoms with Gasteiger partial charge in [-0.15, -0.1) is 11.3 Å². The van der Waals surface area contributed by atoms with Gasteiger partial charge in [0.25, 0.3) is 5.91 Å². The van der Waals surface area contributed by atoms with E-state index in [2.05, 4.69) is 20.9 Å². The summed E-state index contributed by atoms with van der Waals surface area (Å²) in [7, 11) is 1.42. The number of carbonyl (C=O) groups excluding carboxylic acids is 2. The summed E-state index contributed by atoms with van der Waals surface area (Å²) < 4.78 is 46.7. The van der Waals surface area contributed by atoms with E-state index in [9.17, 15) is 22.8 Å². The Morgan fingerprint density at radius 1 is 1.27 bits per heavy atom. The number of aromatic nitrogens is 1. The van der Waals surface area contributed by atoms with E-state index in [-0.39, 0.29) is 39.8 Å². The van der Waals surface area contributed by atoms with Gasteiger partial charge in [-0.25, -0.2) is 9.78 Å². The number of carbonyl (C=O) groups is 2. The molecular formula is C21H26F3N5O3S. The van der Waals surface area contributed by atoms with E-state index < -0.39 is 23.7 Å². The smallest absolute Gasteiger partial charge is 0.417 e. The first-order chi connectivity index (χ1) is 15.7. The van der Waals surface area contributed by atoms with Crippen LogP contribution in [0.3, 0.4) is 0 Å². The molecule has 0 bridgehead atoms. The van der Waals surface area contributed by atoms with E-state index >= 15 is 0 Å². The second-order valence-corrected chi connectivity index (χ2v) is 9.19. The van der Waals surface area contributed by atoms with Crippen LogP contribution in [0, 0.1) is 0 Å². The van der Waals surface area contributed by atoms with Gasteiger partial charge in [-0.3, -0.25) is 4.79 Å². The number of fused-ring (bicyclic) bond motifs is 1. The molecule has 2 amide bonds. The molecule has 2 atom stereocenters. The van der Waals surface area contributed by atoms with Crippen molar-refractivity contribution in [1.29, 1.82) is 0 Å². The van der Waals surface area contributed by atoms with E-state index in [0.717, 1.165) is 30.4 Å². The molecule has 0 saturated carbocycles. The van der Waals surface area contributed by atoms with Crippen molar-refractivity contribution in [2.75, 3.05) is 31.6 Å². The van der Waals surface area contributed by atoms with Gasteiger partial charge < -0.3 is 25.6 Å². The van der Waals surface area contributed by atoms with Gasteiger partial charge in [-0.2, -0.15) is 13.2 Å². The summed E-state index contributed by atoms with van der Waals surface area (Å²) in [5, 5.41) is 9.93. The molecular weight excluding hydrogens is 459 g/mol. The predicted molar refractivity (Wildman–Crippen MR) is 119 cm³/mol. The fourth-order valence-electron chi connectivity index (χ4n) is 4.25. The number of rotatable bonds is 4. The van der Waals surface area contributed by atoms with E-state index in [1.165, 1.54) is 12.4 Å². The molecule has 2 fully saturated rings. The third-order valence-electron chi connectivity index (χ3n) is 6.14. The molecule has 2 saturated heterocycles. The molecule has 0 spiro atoms. The largest absolute Gasteiger partial charge is 0.445 e. The van der Waals surface area contributed by atoms with Crippen molar-refractivity contribution in [2.24, 2.45) is 0 Å². The van der Waals surface area contributed by atoms with Crippen LogP contribution < -0.4 is 20.9 Å². The fourth-order valence-corrected chi connectivity index (χ4v) is 5.27. The van der Waals surface area contributed by atoms with Crippen molar-refractivity contribution in [1.82, 2.24) is 20.9 Å². The summed E-state index contributed by atoms with van der Waals surface area (Å²) in [4.78, 5) is 30.5. The molecule has 2 aliphatic heterocycles. The Labute approximate surface area is 192 Å². The van der Waals surface area contributed by atoms with Gasteiger partial charge in [0.15, 0.2) is 0 Å². The molecule has 2 aromatic heterocycles. The second kappa shape index (κ2) is 9.34. The number of hydrogen-bond acceptors (Lipinski definition) is 7. The molecule has 0 unspecified atom stereocenters. The summed E-state index contributed by atoms with van der Waals surface area (Å²) in [5.41, 5.74) is -0.627. The Morgan fingerprint density at radius 3 is 2.61 bits per heavy atom. The maximum absolute atomic E-state index is 13.8. The normalized spacial score (nSPS) is 21.9. The number of thiophene rings is 1. The lowest BCUT2D eigenvalue weighted by molar-refractivity contribution is -0.136.